The smallest absolute Gasteiger partial charge is 0.303 e. The van der Waals surface area contributed by atoms with Gasteiger partial charge in [-0.25, -0.2) is 0 Å². The van der Waals surface area contributed by atoms with Crippen LogP contribution in [0.3, 0.4) is 0 Å². The van der Waals surface area contributed by atoms with Crippen molar-refractivity contribution < 1.29 is 19.8 Å². The Hall–Kier alpha value is -1.42. The molecule has 28 heavy (non-hydrogen) atoms. The molecule has 154 valence electrons. The monoisotopic (exact) mass is 386 g/mol. The Bertz CT molecular complexity index is 737. The van der Waals surface area contributed by atoms with E-state index in [0.717, 1.165) is 37.7 Å². The molecule has 0 bridgehead atoms. The van der Waals surface area contributed by atoms with E-state index in [4.69, 9.17) is 5.11 Å². The summed E-state index contributed by atoms with van der Waals surface area (Å²) in [6.07, 6.45) is 11.3. The molecule has 8 atom stereocenters. The molecule has 0 spiro atoms. The molecular weight excluding hydrogens is 352 g/mol. The van der Waals surface area contributed by atoms with Crippen molar-refractivity contribution in [3.8, 4) is 0 Å². The van der Waals surface area contributed by atoms with Gasteiger partial charge in [0.05, 0.1) is 6.10 Å². The van der Waals surface area contributed by atoms with E-state index in [-0.39, 0.29) is 35.1 Å². The first-order chi connectivity index (χ1) is 13.2. The van der Waals surface area contributed by atoms with Crippen LogP contribution < -0.4 is 0 Å². The topological polar surface area (TPSA) is 74.6 Å². The molecule has 0 aromatic rings. The van der Waals surface area contributed by atoms with Gasteiger partial charge in [-0.1, -0.05) is 32.4 Å². The van der Waals surface area contributed by atoms with E-state index in [1.165, 1.54) is 0 Å². The number of carbonyl (C=O) groups is 2. The predicted molar refractivity (Wildman–Crippen MR) is 108 cm³/mol. The summed E-state index contributed by atoms with van der Waals surface area (Å²) in [5, 5.41) is 20.2. The minimum atomic E-state index is -0.705. The van der Waals surface area contributed by atoms with Gasteiger partial charge in [-0.2, -0.15) is 0 Å². The third kappa shape index (κ3) is 2.91. The molecule has 0 saturated heterocycles. The van der Waals surface area contributed by atoms with Crippen molar-refractivity contribution in [1.29, 1.82) is 0 Å². The lowest BCUT2D eigenvalue weighted by atomic mass is 9.46. The molecule has 0 heterocycles. The van der Waals surface area contributed by atoms with E-state index >= 15 is 0 Å². The minimum Gasteiger partial charge on any atom is -0.481 e. The van der Waals surface area contributed by atoms with Crippen molar-refractivity contribution in [2.75, 3.05) is 0 Å². The summed E-state index contributed by atoms with van der Waals surface area (Å²) in [4.78, 5) is 22.9. The summed E-state index contributed by atoms with van der Waals surface area (Å²) in [5.74, 6) is 1.44. The van der Waals surface area contributed by atoms with Crippen LogP contribution in [0.4, 0.5) is 0 Å². The molecule has 3 fully saturated rings. The van der Waals surface area contributed by atoms with Crippen molar-refractivity contribution in [2.24, 2.45) is 40.4 Å². The quantitative estimate of drug-likeness (QED) is 0.752. The number of fused-ring (bicyclic) bond motifs is 5. The maximum Gasteiger partial charge on any atom is 0.303 e. The van der Waals surface area contributed by atoms with Crippen molar-refractivity contribution in [1.82, 2.24) is 0 Å². The molecule has 4 rings (SSSR count). The Morgan fingerprint density at radius 1 is 1.25 bits per heavy atom. The highest BCUT2D eigenvalue weighted by Gasteiger charge is 2.61. The second-order valence-corrected chi connectivity index (χ2v) is 10.4. The van der Waals surface area contributed by atoms with Gasteiger partial charge in [0, 0.05) is 11.8 Å². The molecule has 0 aromatic heterocycles. The Labute approximate surface area is 168 Å². The van der Waals surface area contributed by atoms with E-state index in [2.05, 4.69) is 26.8 Å². The number of carboxylic acids is 1. The molecule has 3 saturated carbocycles. The first kappa shape index (κ1) is 19.9. The van der Waals surface area contributed by atoms with Crippen molar-refractivity contribution >= 4 is 11.8 Å². The maximum absolute atomic E-state index is 11.9. The molecule has 4 aliphatic carbocycles. The van der Waals surface area contributed by atoms with Crippen LogP contribution in [-0.2, 0) is 9.59 Å². The third-order valence-electron chi connectivity index (χ3n) is 9.15. The fraction of sp³-hybridized carbons (Fsp3) is 0.750. The summed E-state index contributed by atoms with van der Waals surface area (Å²) in [7, 11) is 0. The summed E-state index contributed by atoms with van der Waals surface area (Å²) >= 11 is 0. The van der Waals surface area contributed by atoms with E-state index in [1.54, 1.807) is 12.2 Å². The van der Waals surface area contributed by atoms with Gasteiger partial charge in [0.1, 0.15) is 0 Å². The Kier molecular flexibility index (Phi) is 4.85. The molecule has 0 radical (unpaired) electrons. The van der Waals surface area contributed by atoms with Gasteiger partial charge in [0.2, 0.25) is 0 Å². The van der Waals surface area contributed by atoms with Gasteiger partial charge in [-0.15, -0.1) is 0 Å². The zero-order valence-electron chi connectivity index (χ0n) is 17.4. The average molecular weight is 387 g/mol. The molecule has 0 aromatic carbocycles. The number of rotatable bonds is 4. The van der Waals surface area contributed by atoms with Crippen LogP contribution in [0.1, 0.15) is 65.7 Å². The third-order valence-corrected chi connectivity index (χ3v) is 9.15. The Morgan fingerprint density at radius 3 is 2.71 bits per heavy atom. The van der Waals surface area contributed by atoms with Crippen LogP contribution in [0.25, 0.3) is 0 Å². The van der Waals surface area contributed by atoms with Crippen molar-refractivity contribution in [3.05, 3.63) is 23.8 Å². The van der Waals surface area contributed by atoms with Crippen LogP contribution in [0.5, 0.6) is 0 Å². The summed E-state index contributed by atoms with van der Waals surface area (Å²) in [5.41, 5.74) is 1.19. The first-order valence-corrected chi connectivity index (χ1v) is 11.0. The van der Waals surface area contributed by atoms with Crippen LogP contribution in [0.15, 0.2) is 23.8 Å². The number of aliphatic hydroxyl groups is 1. The van der Waals surface area contributed by atoms with E-state index in [0.29, 0.717) is 30.1 Å². The predicted octanol–water partition coefficient (Wildman–Crippen LogP) is 4.38. The second kappa shape index (κ2) is 6.83. The minimum absolute atomic E-state index is 0.0481. The fourth-order valence-corrected chi connectivity index (χ4v) is 7.70. The number of hydrogen-bond acceptors (Lipinski definition) is 3. The zero-order chi connectivity index (χ0) is 20.3. The molecule has 4 heteroatoms. The van der Waals surface area contributed by atoms with Gasteiger partial charge in [0.25, 0.3) is 0 Å². The molecule has 0 aliphatic heterocycles. The molecule has 4 nitrogen and oxygen atoms in total. The number of hydrogen-bond donors (Lipinski definition) is 2. The normalized spacial score (nSPS) is 45.6. The first-order valence-electron chi connectivity index (χ1n) is 11.0. The summed E-state index contributed by atoms with van der Waals surface area (Å²) < 4.78 is 0. The van der Waals surface area contributed by atoms with Gasteiger partial charge in [0.15, 0.2) is 5.78 Å². The molecule has 2 N–H and O–H groups in total. The van der Waals surface area contributed by atoms with Crippen molar-refractivity contribution in [2.45, 2.75) is 71.8 Å². The van der Waals surface area contributed by atoms with E-state index in [1.807, 2.05) is 0 Å². The lowest BCUT2D eigenvalue weighted by Crippen LogP contribution is -2.55. The number of aliphatic carboxylic acids is 1. The summed E-state index contributed by atoms with van der Waals surface area (Å²) in [6.45, 7) is 6.89. The lowest BCUT2D eigenvalue weighted by Gasteiger charge is -2.59. The number of carbonyl (C=O) groups excluding carboxylic acids is 1. The van der Waals surface area contributed by atoms with Crippen LogP contribution in [0, 0.1) is 40.4 Å². The van der Waals surface area contributed by atoms with Crippen LogP contribution in [-0.4, -0.2) is 28.1 Å². The highest BCUT2D eigenvalue weighted by Crippen LogP contribution is 2.67. The second-order valence-electron chi connectivity index (χ2n) is 10.4. The van der Waals surface area contributed by atoms with Crippen LogP contribution >= 0.6 is 0 Å². The molecule has 4 aliphatic rings. The molecular formula is C24H34O4. The van der Waals surface area contributed by atoms with E-state index in [9.17, 15) is 14.7 Å². The average Bonchev–Trinajstić information content (AvgIpc) is 2.98. The number of ketones is 1. The number of aliphatic hydroxyl groups excluding tert-OH is 1. The highest BCUT2D eigenvalue weighted by molar-refractivity contribution is 6.01. The molecule has 4 unspecified atom stereocenters. The van der Waals surface area contributed by atoms with Gasteiger partial charge >= 0.3 is 5.97 Å². The van der Waals surface area contributed by atoms with Crippen LogP contribution in [0.2, 0.25) is 0 Å². The van der Waals surface area contributed by atoms with E-state index < -0.39 is 5.97 Å². The SMILES string of the molecule is C[C@H](CCC(=O)O)C1CCC2C3C(CC[C@@]21C)[C@@]1(C)C=CC(=O)C=C1C[C@H]3O. The van der Waals surface area contributed by atoms with Gasteiger partial charge < -0.3 is 10.2 Å². The standard InChI is InChI=1S/C24H34O4/c1-14(4-7-21(27)28)17-5-6-18-22-19(9-11-24(17,18)3)23(2)10-8-16(25)12-15(23)13-20(22)26/h8,10,12,14,17-20,22,26H,4-7,9,11,13H2,1-3H3,(H,27,28)/t14-,17?,18?,19?,20-,22?,23+,24-/m1/s1. The maximum atomic E-state index is 11.9. The number of allylic oxidation sites excluding steroid dienone is 3. The largest absolute Gasteiger partial charge is 0.481 e. The van der Waals surface area contributed by atoms with Crippen molar-refractivity contribution in [3.63, 3.8) is 0 Å². The summed E-state index contributed by atoms with van der Waals surface area (Å²) in [6, 6.07) is 0. The Morgan fingerprint density at radius 2 is 2.00 bits per heavy atom. The highest BCUT2D eigenvalue weighted by atomic mass is 16.4. The van der Waals surface area contributed by atoms with Gasteiger partial charge in [-0.05, 0) is 85.7 Å². The molecule has 0 amide bonds. The van der Waals surface area contributed by atoms with Gasteiger partial charge in [-0.3, -0.25) is 9.59 Å². The zero-order valence-corrected chi connectivity index (χ0v) is 17.4. The Balaban J connectivity index is 1.60. The fourth-order valence-electron chi connectivity index (χ4n) is 7.70. The lowest BCUT2D eigenvalue weighted by molar-refractivity contribution is -0.137. The number of carboxylic acid groups (broad SMARTS) is 1.